The summed E-state index contributed by atoms with van der Waals surface area (Å²) in [5.74, 6) is 0.351. The highest BCUT2D eigenvalue weighted by Crippen LogP contribution is 2.46. The van der Waals surface area contributed by atoms with Gasteiger partial charge in [0.15, 0.2) is 0 Å². The zero-order valence-electron chi connectivity index (χ0n) is 13.3. The molecule has 0 radical (unpaired) electrons. The van der Waals surface area contributed by atoms with E-state index in [1.54, 1.807) is 7.11 Å². The van der Waals surface area contributed by atoms with Crippen molar-refractivity contribution in [3.63, 3.8) is 0 Å². The predicted molar refractivity (Wildman–Crippen MR) is 83.3 cm³/mol. The first-order chi connectivity index (χ1) is 10.7. The molecule has 0 spiro atoms. The van der Waals surface area contributed by atoms with E-state index < -0.39 is 0 Å². The van der Waals surface area contributed by atoms with Gasteiger partial charge in [-0.05, 0) is 31.9 Å². The SMILES string of the molecule is COCCN1CC[C@@H](C(=O)NCC2(Cn3cccn3)CC2)C1. The minimum absolute atomic E-state index is 0.136. The third-order valence-electron chi connectivity index (χ3n) is 4.91. The molecule has 1 aliphatic carbocycles. The molecule has 0 unspecified atom stereocenters. The lowest BCUT2D eigenvalue weighted by atomic mass is 10.1. The molecule has 22 heavy (non-hydrogen) atoms. The number of nitrogens with one attached hydrogen (secondary N) is 1. The fourth-order valence-electron chi connectivity index (χ4n) is 3.19. The summed E-state index contributed by atoms with van der Waals surface area (Å²) in [6, 6.07) is 1.95. The Morgan fingerprint density at radius 3 is 3.05 bits per heavy atom. The van der Waals surface area contributed by atoms with Crippen molar-refractivity contribution >= 4 is 5.91 Å². The van der Waals surface area contributed by atoms with Gasteiger partial charge in [-0.2, -0.15) is 5.10 Å². The minimum atomic E-state index is 0.136. The van der Waals surface area contributed by atoms with E-state index in [1.807, 2.05) is 23.1 Å². The monoisotopic (exact) mass is 306 g/mol. The Hall–Kier alpha value is -1.40. The lowest BCUT2D eigenvalue weighted by molar-refractivity contribution is -0.124. The van der Waals surface area contributed by atoms with Crippen molar-refractivity contribution in [2.45, 2.75) is 25.8 Å². The molecule has 1 N–H and O–H groups in total. The van der Waals surface area contributed by atoms with Gasteiger partial charge in [-0.1, -0.05) is 0 Å². The van der Waals surface area contributed by atoms with Gasteiger partial charge in [0.1, 0.15) is 0 Å². The number of methoxy groups -OCH3 is 1. The molecule has 1 aromatic heterocycles. The van der Waals surface area contributed by atoms with E-state index in [1.165, 1.54) is 12.8 Å². The second-order valence-electron chi connectivity index (χ2n) is 6.70. The van der Waals surface area contributed by atoms with Crippen LogP contribution >= 0.6 is 0 Å². The van der Waals surface area contributed by atoms with Crippen LogP contribution in [0.5, 0.6) is 0 Å². The van der Waals surface area contributed by atoms with E-state index in [2.05, 4.69) is 15.3 Å². The summed E-state index contributed by atoms with van der Waals surface area (Å²) in [6.45, 7) is 5.21. The van der Waals surface area contributed by atoms with E-state index >= 15 is 0 Å². The largest absolute Gasteiger partial charge is 0.383 e. The number of likely N-dealkylation sites (tertiary alicyclic amines) is 1. The molecular formula is C16H26N4O2. The van der Waals surface area contributed by atoms with Crippen molar-refractivity contribution in [2.75, 3.05) is 39.9 Å². The van der Waals surface area contributed by atoms with Crippen molar-refractivity contribution < 1.29 is 9.53 Å². The molecule has 1 saturated carbocycles. The molecule has 0 aromatic carbocycles. The normalized spacial score (nSPS) is 23.6. The first kappa shape index (κ1) is 15.5. The van der Waals surface area contributed by atoms with Gasteiger partial charge in [0.05, 0.1) is 12.5 Å². The molecule has 6 nitrogen and oxygen atoms in total. The van der Waals surface area contributed by atoms with Gasteiger partial charge in [0.2, 0.25) is 5.91 Å². The summed E-state index contributed by atoms with van der Waals surface area (Å²) in [4.78, 5) is 14.7. The molecule has 2 fully saturated rings. The zero-order valence-corrected chi connectivity index (χ0v) is 13.3. The number of hydrogen-bond acceptors (Lipinski definition) is 4. The Bertz CT molecular complexity index is 484. The average Bonchev–Trinajstić information content (AvgIpc) is 2.94. The number of rotatable bonds is 8. The van der Waals surface area contributed by atoms with Crippen molar-refractivity contribution in [3.8, 4) is 0 Å². The molecule has 1 aliphatic heterocycles. The number of carbonyl (C=O) groups is 1. The van der Waals surface area contributed by atoms with Gasteiger partial charge in [-0.15, -0.1) is 0 Å². The quantitative estimate of drug-likeness (QED) is 0.770. The number of carbonyl (C=O) groups excluding carboxylic acids is 1. The lowest BCUT2D eigenvalue weighted by Crippen LogP contribution is -2.37. The van der Waals surface area contributed by atoms with Crippen molar-refractivity contribution in [3.05, 3.63) is 18.5 Å². The average molecular weight is 306 g/mol. The summed E-state index contributed by atoms with van der Waals surface area (Å²) in [7, 11) is 1.72. The smallest absolute Gasteiger partial charge is 0.224 e. The first-order valence-electron chi connectivity index (χ1n) is 8.17. The molecule has 0 bridgehead atoms. The summed E-state index contributed by atoms with van der Waals surface area (Å²) in [6.07, 6.45) is 7.12. The summed E-state index contributed by atoms with van der Waals surface area (Å²) in [5, 5.41) is 7.45. The Balaban J connectivity index is 1.41. The second-order valence-corrected chi connectivity index (χ2v) is 6.70. The van der Waals surface area contributed by atoms with Crippen LogP contribution < -0.4 is 5.32 Å². The van der Waals surface area contributed by atoms with Crippen LogP contribution in [0.2, 0.25) is 0 Å². The maximum Gasteiger partial charge on any atom is 0.224 e. The molecule has 2 heterocycles. The lowest BCUT2D eigenvalue weighted by Gasteiger charge is -2.18. The highest BCUT2D eigenvalue weighted by atomic mass is 16.5. The van der Waals surface area contributed by atoms with Crippen LogP contribution in [0.15, 0.2) is 18.5 Å². The predicted octanol–water partition coefficient (Wildman–Crippen LogP) is 0.748. The Kier molecular flexibility index (Phi) is 4.78. The van der Waals surface area contributed by atoms with Gasteiger partial charge in [0, 0.05) is 51.1 Å². The van der Waals surface area contributed by atoms with E-state index in [-0.39, 0.29) is 17.2 Å². The van der Waals surface area contributed by atoms with Crippen molar-refractivity contribution in [1.29, 1.82) is 0 Å². The number of ether oxygens (including phenoxy) is 1. The maximum atomic E-state index is 12.4. The molecule has 1 atom stereocenters. The van der Waals surface area contributed by atoms with Crippen LogP contribution in [0, 0.1) is 11.3 Å². The molecule has 1 amide bonds. The van der Waals surface area contributed by atoms with E-state index in [9.17, 15) is 4.79 Å². The molecule has 6 heteroatoms. The highest BCUT2D eigenvalue weighted by molar-refractivity contribution is 5.79. The topological polar surface area (TPSA) is 59.4 Å². The molecule has 2 aliphatic rings. The van der Waals surface area contributed by atoms with Gasteiger partial charge < -0.3 is 15.0 Å². The van der Waals surface area contributed by atoms with Gasteiger partial charge in [0.25, 0.3) is 0 Å². The first-order valence-corrected chi connectivity index (χ1v) is 8.17. The van der Waals surface area contributed by atoms with Crippen molar-refractivity contribution in [1.82, 2.24) is 20.0 Å². The molecule has 3 rings (SSSR count). The van der Waals surface area contributed by atoms with Gasteiger partial charge in [-0.3, -0.25) is 9.48 Å². The molecular weight excluding hydrogens is 280 g/mol. The molecule has 122 valence electrons. The van der Waals surface area contributed by atoms with Gasteiger partial charge >= 0.3 is 0 Å². The summed E-state index contributed by atoms with van der Waals surface area (Å²) < 4.78 is 7.07. The fraction of sp³-hybridized carbons (Fsp3) is 0.750. The summed E-state index contributed by atoms with van der Waals surface area (Å²) >= 11 is 0. The van der Waals surface area contributed by atoms with E-state index in [4.69, 9.17) is 4.74 Å². The number of hydrogen-bond donors (Lipinski definition) is 1. The fourth-order valence-corrected chi connectivity index (χ4v) is 3.19. The standard InChI is InChI=1S/C16H26N4O2/c1-22-10-9-19-8-3-14(11-19)15(21)17-12-16(4-5-16)13-20-7-2-6-18-20/h2,6-7,14H,3-5,8-13H2,1H3,(H,17,21)/t14-/m1/s1. The van der Waals surface area contributed by atoms with Crippen LogP contribution in [0.3, 0.4) is 0 Å². The third kappa shape index (κ3) is 3.87. The maximum absolute atomic E-state index is 12.4. The van der Waals surface area contributed by atoms with Crippen LogP contribution in [-0.2, 0) is 16.1 Å². The number of nitrogens with zero attached hydrogens (tertiary/aromatic N) is 3. The molecule has 1 aromatic rings. The van der Waals surface area contributed by atoms with Crippen LogP contribution in [0.25, 0.3) is 0 Å². The Morgan fingerprint density at radius 1 is 1.50 bits per heavy atom. The van der Waals surface area contributed by atoms with E-state index in [0.29, 0.717) is 0 Å². The summed E-state index contributed by atoms with van der Waals surface area (Å²) in [5.41, 5.74) is 0.232. The number of aromatic nitrogens is 2. The molecule has 1 saturated heterocycles. The van der Waals surface area contributed by atoms with E-state index in [0.717, 1.165) is 45.8 Å². The van der Waals surface area contributed by atoms with Crippen LogP contribution in [-0.4, -0.2) is 60.5 Å². The Morgan fingerprint density at radius 2 is 2.36 bits per heavy atom. The van der Waals surface area contributed by atoms with Crippen LogP contribution in [0.4, 0.5) is 0 Å². The van der Waals surface area contributed by atoms with Gasteiger partial charge in [-0.25, -0.2) is 0 Å². The highest BCUT2D eigenvalue weighted by Gasteiger charge is 2.43. The van der Waals surface area contributed by atoms with Crippen LogP contribution in [0.1, 0.15) is 19.3 Å². The zero-order chi connectivity index (χ0) is 15.4. The van der Waals surface area contributed by atoms with Crippen molar-refractivity contribution in [2.24, 2.45) is 11.3 Å². The third-order valence-corrected chi connectivity index (χ3v) is 4.91. The minimum Gasteiger partial charge on any atom is -0.383 e. The second kappa shape index (κ2) is 6.79. The number of amides is 1. The Labute approximate surface area is 131 Å².